The molecule has 2 fully saturated rings. The molecular weight excluding hydrogens is 596 g/mol. The van der Waals surface area contributed by atoms with Crippen LogP contribution >= 0.6 is 23.2 Å². The number of piperazine rings is 1. The number of hydrogen-bond donors (Lipinski definition) is 1. The smallest absolute Gasteiger partial charge is 0.410 e. The lowest BCUT2D eigenvalue weighted by molar-refractivity contribution is -0.142. The molecule has 5 rings (SSSR count). The summed E-state index contributed by atoms with van der Waals surface area (Å²) in [5.74, 6) is -0.762. The lowest BCUT2D eigenvalue weighted by Crippen LogP contribution is -2.54. The quantitative estimate of drug-likeness (QED) is 0.352. The number of aliphatic hydroxyl groups excluding tert-OH is 1. The first kappa shape index (κ1) is 31.2. The Labute approximate surface area is 260 Å². The minimum absolute atomic E-state index is 0.00375. The average Bonchev–Trinajstić information content (AvgIpc) is 3.46. The maximum absolute atomic E-state index is 14.3. The second kappa shape index (κ2) is 12.8. The predicted molar refractivity (Wildman–Crippen MR) is 160 cm³/mol. The summed E-state index contributed by atoms with van der Waals surface area (Å²) in [6, 6.07) is 11.1. The number of carbonyl (C=O) groups is 2. The number of halogens is 3. The first-order chi connectivity index (χ1) is 20.4. The molecule has 2 aromatic carbocycles. The molecule has 1 aromatic heterocycles. The second-order valence-electron chi connectivity index (χ2n) is 12.2. The predicted octanol–water partition coefficient (Wildman–Crippen LogP) is 6.36. The van der Waals surface area contributed by atoms with E-state index < -0.39 is 29.7 Å². The molecular formula is C31H36Cl2FN5O4. The van der Waals surface area contributed by atoms with Gasteiger partial charge in [0.1, 0.15) is 23.2 Å². The zero-order valence-corrected chi connectivity index (χ0v) is 25.9. The third kappa shape index (κ3) is 7.13. The topological polar surface area (TPSA) is 101 Å². The normalized spacial score (nSPS) is 21.9. The van der Waals surface area contributed by atoms with E-state index in [1.54, 1.807) is 21.8 Å². The Hall–Kier alpha value is -3.21. The maximum Gasteiger partial charge on any atom is 0.410 e. The van der Waals surface area contributed by atoms with Crippen molar-refractivity contribution in [1.29, 1.82) is 0 Å². The molecule has 1 saturated heterocycles. The van der Waals surface area contributed by atoms with Gasteiger partial charge in [-0.3, -0.25) is 4.79 Å². The molecule has 0 radical (unpaired) electrons. The van der Waals surface area contributed by atoms with E-state index in [4.69, 9.17) is 27.9 Å². The van der Waals surface area contributed by atoms with Crippen molar-refractivity contribution in [3.63, 3.8) is 0 Å². The molecule has 12 heteroatoms. The van der Waals surface area contributed by atoms with E-state index in [1.165, 1.54) is 12.1 Å². The molecule has 2 unspecified atom stereocenters. The van der Waals surface area contributed by atoms with Crippen molar-refractivity contribution in [3.8, 4) is 0 Å². The Morgan fingerprint density at radius 3 is 2.47 bits per heavy atom. The Balaban J connectivity index is 1.25. The summed E-state index contributed by atoms with van der Waals surface area (Å²) >= 11 is 12.4. The molecule has 2 amide bonds. The Bertz CT molecular complexity index is 1470. The van der Waals surface area contributed by atoms with Crippen molar-refractivity contribution in [2.24, 2.45) is 5.92 Å². The van der Waals surface area contributed by atoms with Gasteiger partial charge in [0, 0.05) is 41.2 Å². The Morgan fingerprint density at radius 1 is 1.07 bits per heavy atom. The van der Waals surface area contributed by atoms with Crippen LogP contribution in [0.5, 0.6) is 0 Å². The van der Waals surface area contributed by atoms with Crippen molar-refractivity contribution in [2.45, 2.75) is 70.2 Å². The van der Waals surface area contributed by atoms with Crippen LogP contribution in [0.4, 0.5) is 9.18 Å². The van der Waals surface area contributed by atoms with E-state index in [2.05, 4.69) is 10.3 Å². The summed E-state index contributed by atoms with van der Waals surface area (Å²) in [7, 11) is 0. The number of nitrogens with zero attached hydrogens (tertiary/aromatic N) is 5. The van der Waals surface area contributed by atoms with E-state index in [-0.39, 0.29) is 40.7 Å². The van der Waals surface area contributed by atoms with Crippen LogP contribution in [0.2, 0.25) is 10.0 Å². The van der Waals surface area contributed by atoms with Crippen LogP contribution in [0.15, 0.2) is 48.7 Å². The second-order valence-corrected chi connectivity index (χ2v) is 13.0. The first-order valence-corrected chi connectivity index (χ1v) is 15.2. The fraction of sp³-hybridized carbons (Fsp3) is 0.484. The van der Waals surface area contributed by atoms with Gasteiger partial charge in [0.25, 0.3) is 0 Å². The van der Waals surface area contributed by atoms with E-state index in [0.717, 1.165) is 11.6 Å². The lowest BCUT2D eigenvalue weighted by Gasteiger charge is -2.44. The van der Waals surface area contributed by atoms with Gasteiger partial charge in [0.05, 0.1) is 18.3 Å². The van der Waals surface area contributed by atoms with Crippen molar-refractivity contribution < 1.29 is 23.8 Å². The lowest BCUT2D eigenvalue weighted by atomic mass is 9.84. The van der Waals surface area contributed by atoms with Crippen LogP contribution in [-0.4, -0.2) is 67.1 Å². The van der Waals surface area contributed by atoms with E-state index in [9.17, 15) is 19.1 Å². The third-order valence-corrected chi connectivity index (χ3v) is 8.64. The molecule has 230 valence electrons. The molecule has 1 saturated carbocycles. The SMILES string of the molecule is CC(C)(C)OC(=O)N1CCN(C(=O)C2CCC(n3cc(C(O)c4ccc(Cl)cc4F)nn3)CC2)C(c2ccccc2Cl)C1. The van der Waals surface area contributed by atoms with Crippen molar-refractivity contribution in [3.05, 3.63) is 81.3 Å². The number of hydrogen-bond acceptors (Lipinski definition) is 6. The Morgan fingerprint density at radius 2 is 1.79 bits per heavy atom. The number of carbonyl (C=O) groups excluding carboxylic acids is 2. The van der Waals surface area contributed by atoms with Crippen LogP contribution in [0.1, 0.15) is 81.5 Å². The summed E-state index contributed by atoms with van der Waals surface area (Å²) in [6.45, 7) is 6.52. The minimum Gasteiger partial charge on any atom is -0.444 e. The zero-order valence-electron chi connectivity index (χ0n) is 24.4. The van der Waals surface area contributed by atoms with Crippen molar-refractivity contribution >= 4 is 35.2 Å². The van der Waals surface area contributed by atoms with Gasteiger partial charge in [-0.1, -0.05) is 52.7 Å². The monoisotopic (exact) mass is 631 g/mol. The van der Waals surface area contributed by atoms with E-state index in [1.807, 2.05) is 43.9 Å². The highest BCUT2D eigenvalue weighted by Crippen LogP contribution is 2.37. The summed E-state index contributed by atoms with van der Waals surface area (Å²) in [4.78, 5) is 30.3. The van der Waals surface area contributed by atoms with Crippen molar-refractivity contribution in [2.75, 3.05) is 19.6 Å². The molecule has 2 aliphatic rings. The summed E-state index contributed by atoms with van der Waals surface area (Å²) in [5, 5.41) is 19.8. The number of benzene rings is 2. The molecule has 2 atom stereocenters. The molecule has 1 aliphatic carbocycles. The highest BCUT2D eigenvalue weighted by molar-refractivity contribution is 6.31. The van der Waals surface area contributed by atoms with Crippen LogP contribution in [0, 0.1) is 11.7 Å². The van der Waals surface area contributed by atoms with Gasteiger partial charge in [-0.25, -0.2) is 13.9 Å². The number of amides is 2. The Kier molecular flexibility index (Phi) is 9.29. The highest BCUT2D eigenvalue weighted by Gasteiger charge is 2.39. The van der Waals surface area contributed by atoms with Gasteiger partial charge in [0.15, 0.2) is 0 Å². The van der Waals surface area contributed by atoms with Gasteiger partial charge in [-0.2, -0.15) is 0 Å². The summed E-state index contributed by atoms with van der Waals surface area (Å²) in [5.41, 5.74) is 0.484. The third-order valence-electron chi connectivity index (χ3n) is 8.06. The molecule has 0 spiro atoms. The number of aromatic nitrogens is 3. The average molecular weight is 633 g/mol. The van der Waals surface area contributed by atoms with Gasteiger partial charge in [-0.05, 0) is 70.2 Å². The zero-order chi connectivity index (χ0) is 30.9. The molecule has 1 aliphatic heterocycles. The van der Waals surface area contributed by atoms with Crippen LogP contribution in [-0.2, 0) is 9.53 Å². The van der Waals surface area contributed by atoms with Gasteiger partial charge < -0.3 is 19.6 Å². The van der Waals surface area contributed by atoms with Gasteiger partial charge in [-0.15, -0.1) is 5.10 Å². The molecule has 9 nitrogen and oxygen atoms in total. The molecule has 2 heterocycles. The number of rotatable bonds is 5. The van der Waals surface area contributed by atoms with Crippen LogP contribution in [0.3, 0.4) is 0 Å². The summed E-state index contributed by atoms with van der Waals surface area (Å²) in [6.07, 6.45) is 2.63. The highest BCUT2D eigenvalue weighted by atomic mass is 35.5. The molecule has 3 aromatic rings. The standard InChI is InChI=1S/C31H36Cl2FN5O4/c1-31(2,3)43-30(42)37-14-15-38(27(18-37)22-6-4-5-7-24(22)33)29(41)19-8-11-21(12-9-19)39-17-26(35-36-39)28(40)23-13-10-20(32)16-25(23)34/h4-7,10,13,16-17,19,21,27-28,40H,8-9,11-12,14-15,18H2,1-3H3. The van der Waals surface area contributed by atoms with Gasteiger partial charge in [0.2, 0.25) is 5.91 Å². The number of ether oxygens (including phenoxy) is 1. The molecule has 43 heavy (non-hydrogen) atoms. The van der Waals surface area contributed by atoms with Gasteiger partial charge >= 0.3 is 6.09 Å². The number of aliphatic hydroxyl groups is 1. The van der Waals surface area contributed by atoms with Crippen LogP contribution < -0.4 is 0 Å². The largest absolute Gasteiger partial charge is 0.444 e. The van der Waals surface area contributed by atoms with Crippen molar-refractivity contribution in [1.82, 2.24) is 24.8 Å². The van der Waals surface area contributed by atoms with E-state index >= 15 is 0 Å². The fourth-order valence-electron chi connectivity index (χ4n) is 5.85. The van der Waals surface area contributed by atoms with E-state index in [0.29, 0.717) is 43.8 Å². The first-order valence-electron chi connectivity index (χ1n) is 14.5. The summed E-state index contributed by atoms with van der Waals surface area (Å²) < 4.78 is 21.6. The molecule has 1 N–H and O–H groups in total. The fourth-order valence-corrected chi connectivity index (χ4v) is 6.27. The van der Waals surface area contributed by atoms with Crippen LogP contribution in [0.25, 0.3) is 0 Å². The maximum atomic E-state index is 14.3. The molecule has 0 bridgehead atoms. The minimum atomic E-state index is -1.27.